The quantitative estimate of drug-likeness (QED) is 0.848. The van der Waals surface area contributed by atoms with Crippen molar-refractivity contribution < 1.29 is 0 Å². The van der Waals surface area contributed by atoms with E-state index in [1.54, 1.807) is 6.33 Å². The normalized spacial score (nSPS) is 16.5. The highest BCUT2D eigenvalue weighted by Gasteiger charge is 2.12. The lowest BCUT2D eigenvalue weighted by atomic mass is 10.1. The summed E-state index contributed by atoms with van der Waals surface area (Å²) < 4.78 is 0. The van der Waals surface area contributed by atoms with E-state index in [0.717, 1.165) is 17.5 Å². The molecule has 16 heavy (non-hydrogen) atoms. The van der Waals surface area contributed by atoms with Crippen LogP contribution in [0.4, 0.5) is 0 Å². The van der Waals surface area contributed by atoms with Gasteiger partial charge in [0.1, 0.15) is 0 Å². The van der Waals surface area contributed by atoms with Crippen LogP contribution in [0.25, 0.3) is 11.0 Å². The third kappa shape index (κ3) is 1.83. The highest BCUT2D eigenvalue weighted by atomic mass is 15.2. The van der Waals surface area contributed by atoms with Crippen molar-refractivity contribution in [3.8, 4) is 0 Å². The number of fused-ring (bicyclic) bond motifs is 1. The van der Waals surface area contributed by atoms with Crippen molar-refractivity contribution in [2.45, 2.75) is 19.3 Å². The summed E-state index contributed by atoms with van der Waals surface area (Å²) >= 11 is 0. The van der Waals surface area contributed by atoms with Crippen molar-refractivity contribution in [1.82, 2.24) is 14.9 Å². The molecule has 1 aromatic carbocycles. The van der Waals surface area contributed by atoms with E-state index >= 15 is 0 Å². The molecule has 1 N–H and O–H groups in total. The average Bonchev–Trinajstić information content (AvgIpc) is 2.70. The molecular formula is C13H17N3. The van der Waals surface area contributed by atoms with Gasteiger partial charge in [0.15, 0.2) is 0 Å². The third-order valence-electron chi connectivity index (χ3n) is 3.40. The molecular weight excluding hydrogens is 198 g/mol. The first-order valence-corrected chi connectivity index (χ1v) is 6.07. The van der Waals surface area contributed by atoms with Gasteiger partial charge in [-0.05, 0) is 50.5 Å². The van der Waals surface area contributed by atoms with Crippen LogP contribution in [0.15, 0.2) is 24.5 Å². The summed E-state index contributed by atoms with van der Waals surface area (Å²) in [4.78, 5) is 10.1. The maximum Gasteiger partial charge on any atom is 0.0931 e. The zero-order valence-corrected chi connectivity index (χ0v) is 9.45. The van der Waals surface area contributed by atoms with Crippen LogP contribution in [0.2, 0.25) is 0 Å². The van der Waals surface area contributed by atoms with Crippen LogP contribution in [0.5, 0.6) is 0 Å². The Kier molecular flexibility index (Phi) is 2.62. The number of H-pyrrole nitrogens is 1. The van der Waals surface area contributed by atoms with E-state index in [0.29, 0.717) is 0 Å². The number of likely N-dealkylation sites (tertiary alicyclic amines) is 1. The number of hydrogen-bond acceptors (Lipinski definition) is 2. The largest absolute Gasteiger partial charge is 0.345 e. The van der Waals surface area contributed by atoms with E-state index in [-0.39, 0.29) is 0 Å². The van der Waals surface area contributed by atoms with Crippen LogP contribution >= 0.6 is 0 Å². The van der Waals surface area contributed by atoms with Crippen LogP contribution < -0.4 is 0 Å². The highest BCUT2D eigenvalue weighted by molar-refractivity contribution is 5.78. The summed E-state index contributed by atoms with van der Waals surface area (Å²) in [5, 5.41) is 0. The molecule has 0 aliphatic carbocycles. The first-order chi connectivity index (χ1) is 7.93. The molecule has 0 unspecified atom stereocenters. The van der Waals surface area contributed by atoms with Crippen LogP contribution in [-0.2, 0) is 6.42 Å². The number of hydrogen-bond donors (Lipinski definition) is 1. The van der Waals surface area contributed by atoms with Crippen molar-refractivity contribution in [2.75, 3.05) is 19.6 Å². The lowest BCUT2D eigenvalue weighted by Gasteiger charge is -2.30. The average molecular weight is 215 g/mol. The number of benzene rings is 1. The minimum absolute atomic E-state index is 1.14. The number of rotatable bonds is 4. The monoisotopic (exact) mass is 215 g/mol. The molecule has 2 aromatic rings. The Hall–Kier alpha value is -1.35. The molecule has 1 aromatic heterocycles. The molecule has 1 saturated heterocycles. The van der Waals surface area contributed by atoms with Crippen LogP contribution in [0.3, 0.4) is 0 Å². The number of imidazole rings is 1. The SMILES string of the molecule is c1cc(CCCN2CCC2)c2nc[nH]c2c1. The fourth-order valence-electron chi connectivity index (χ4n) is 2.33. The Bertz CT molecular complexity index is 471. The number of para-hydroxylation sites is 1. The molecule has 0 spiro atoms. The van der Waals surface area contributed by atoms with Gasteiger partial charge in [0, 0.05) is 0 Å². The Labute approximate surface area is 95.5 Å². The molecule has 1 aliphatic rings. The topological polar surface area (TPSA) is 31.9 Å². The minimum Gasteiger partial charge on any atom is -0.345 e. The van der Waals surface area contributed by atoms with Crippen molar-refractivity contribution >= 4 is 11.0 Å². The summed E-state index contributed by atoms with van der Waals surface area (Å²) in [5.74, 6) is 0. The maximum absolute atomic E-state index is 4.38. The van der Waals surface area contributed by atoms with E-state index in [2.05, 4.69) is 33.1 Å². The van der Waals surface area contributed by atoms with Crippen LogP contribution in [-0.4, -0.2) is 34.5 Å². The van der Waals surface area contributed by atoms with Crippen LogP contribution in [0.1, 0.15) is 18.4 Å². The fraction of sp³-hybridized carbons (Fsp3) is 0.462. The maximum atomic E-state index is 4.38. The smallest absolute Gasteiger partial charge is 0.0931 e. The summed E-state index contributed by atoms with van der Waals surface area (Å²) in [6.07, 6.45) is 5.54. The Morgan fingerprint density at radius 1 is 1.31 bits per heavy atom. The summed E-state index contributed by atoms with van der Waals surface area (Å²) in [5.41, 5.74) is 3.67. The van der Waals surface area contributed by atoms with Gasteiger partial charge >= 0.3 is 0 Å². The second-order valence-electron chi connectivity index (χ2n) is 4.51. The molecule has 2 heterocycles. The Balaban J connectivity index is 1.66. The second kappa shape index (κ2) is 4.26. The lowest BCUT2D eigenvalue weighted by Crippen LogP contribution is -2.37. The molecule has 84 valence electrons. The minimum atomic E-state index is 1.14. The zero-order valence-electron chi connectivity index (χ0n) is 9.45. The number of aromatic amines is 1. The predicted octanol–water partition coefficient (Wildman–Crippen LogP) is 2.20. The molecule has 1 aliphatic heterocycles. The molecule has 3 rings (SSSR count). The number of nitrogens with one attached hydrogen (secondary N) is 1. The number of aryl methyl sites for hydroxylation is 1. The molecule has 0 bridgehead atoms. The first kappa shape index (κ1) is 9.85. The molecule has 3 nitrogen and oxygen atoms in total. The first-order valence-electron chi connectivity index (χ1n) is 6.07. The summed E-state index contributed by atoms with van der Waals surface area (Å²) in [6, 6.07) is 6.39. The van der Waals surface area contributed by atoms with E-state index in [9.17, 15) is 0 Å². The zero-order chi connectivity index (χ0) is 10.8. The van der Waals surface area contributed by atoms with Crippen molar-refractivity contribution in [3.63, 3.8) is 0 Å². The van der Waals surface area contributed by atoms with E-state index < -0.39 is 0 Å². The van der Waals surface area contributed by atoms with E-state index in [1.165, 1.54) is 38.0 Å². The molecule has 1 fully saturated rings. The Morgan fingerprint density at radius 2 is 2.25 bits per heavy atom. The molecule has 0 radical (unpaired) electrons. The van der Waals surface area contributed by atoms with Gasteiger partial charge in [-0.2, -0.15) is 0 Å². The van der Waals surface area contributed by atoms with E-state index in [4.69, 9.17) is 0 Å². The second-order valence-corrected chi connectivity index (χ2v) is 4.51. The van der Waals surface area contributed by atoms with E-state index in [1.807, 2.05) is 0 Å². The van der Waals surface area contributed by atoms with Gasteiger partial charge in [0.2, 0.25) is 0 Å². The van der Waals surface area contributed by atoms with Gasteiger partial charge in [-0.3, -0.25) is 0 Å². The van der Waals surface area contributed by atoms with Gasteiger partial charge in [-0.15, -0.1) is 0 Å². The van der Waals surface area contributed by atoms with Gasteiger partial charge in [0.25, 0.3) is 0 Å². The third-order valence-corrected chi connectivity index (χ3v) is 3.40. The summed E-state index contributed by atoms with van der Waals surface area (Å²) in [7, 11) is 0. The van der Waals surface area contributed by atoms with Gasteiger partial charge < -0.3 is 9.88 Å². The van der Waals surface area contributed by atoms with Crippen molar-refractivity contribution in [1.29, 1.82) is 0 Å². The molecule has 3 heteroatoms. The van der Waals surface area contributed by atoms with Gasteiger partial charge in [0.05, 0.1) is 17.4 Å². The predicted molar refractivity (Wildman–Crippen MR) is 65.5 cm³/mol. The Morgan fingerprint density at radius 3 is 3.06 bits per heavy atom. The van der Waals surface area contributed by atoms with Crippen LogP contribution in [0, 0.1) is 0 Å². The summed E-state index contributed by atoms with van der Waals surface area (Å²) in [6.45, 7) is 3.83. The number of aromatic nitrogens is 2. The fourth-order valence-corrected chi connectivity index (χ4v) is 2.33. The molecule has 0 atom stereocenters. The van der Waals surface area contributed by atoms with Crippen molar-refractivity contribution in [2.24, 2.45) is 0 Å². The lowest BCUT2D eigenvalue weighted by molar-refractivity contribution is 0.179. The number of nitrogens with zero attached hydrogens (tertiary/aromatic N) is 2. The van der Waals surface area contributed by atoms with Gasteiger partial charge in [-0.1, -0.05) is 12.1 Å². The standard InChI is InChI=1S/C13H17N3/c1-4-11(5-2-7-16-8-3-9-16)13-12(6-1)14-10-15-13/h1,4,6,10H,2-3,5,7-9H2,(H,14,15). The van der Waals surface area contributed by atoms with Gasteiger partial charge in [-0.25, -0.2) is 4.98 Å². The van der Waals surface area contributed by atoms with Crippen molar-refractivity contribution in [3.05, 3.63) is 30.1 Å². The highest BCUT2D eigenvalue weighted by Crippen LogP contribution is 2.16. The molecule has 0 saturated carbocycles. The molecule has 0 amide bonds.